The van der Waals surface area contributed by atoms with Gasteiger partial charge in [-0.1, -0.05) is 19.0 Å². The predicted octanol–water partition coefficient (Wildman–Crippen LogP) is 2.14. The molecular formula is C10H13ClN2O2. The van der Waals surface area contributed by atoms with Crippen molar-refractivity contribution in [2.75, 3.05) is 11.4 Å². The molecule has 1 aliphatic rings. The van der Waals surface area contributed by atoms with Crippen molar-refractivity contribution in [2.45, 2.75) is 31.6 Å². The van der Waals surface area contributed by atoms with Gasteiger partial charge in [-0.05, 0) is 5.92 Å². The van der Waals surface area contributed by atoms with Crippen molar-refractivity contribution in [3.63, 3.8) is 0 Å². The number of aromatic nitrogens is 1. The molecule has 0 radical (unpaired) electrons. The molecule has 0 N–H and O–H groups in total. The quantitative estimate of drug-likeness (QED) is 0.729. The molecule has 0 aliphatic carbocycles. The molecule has 4 nitrogen and oxygen atoms in total. The molecular weight excluding hydrogens is 216 g/mol. The third-order valence-corrected chi connectivity index (χ3v) is 2.74. The van der Waals surface area contributed by atoms with Gasteiger partial charge in [0.25, 0.3) is 0 Å². The van der Waals surface area contributed by atoms with E-state index in [0.29, 0.717) is 24.8 Å². The number of amides is 1. The number of alkyl halides is 1. The Balaban J connectivity index is 2.19. The molecule has 0 aromatic carbocycles. The second kappa shape index (κ2) is 3.85. The van der Waals surface area contributed by atoms with E-state index in [2.05, 4.69) is 5.16 Å². The number of hydrogen-bond donors (Lipinski definition) is 0. The number of hydrogen-bond acceptors (Lipinski definition) is 3. The molecule has 82 valence electrons. The molecule has 15 heavy (non-hydrogen) atoms. The molecule has 1 saturated heterocycles. The number of rotatable bonds is 2. The van der Waals surface area contributed by atoms with E-state index >= 15 is 0 Å². The summed E-state index contributed by atoms with van der Waals surface area (Å²) < 4.78 is 5.13. The molecule has 1 aromatic rings. The van der Waals surface area contributed by atoms with Crippen molar-refractivity contribution in [2.24, 2.45) is 0 Å². The van der Waals surface area contributed by atoms with Gasteiger partial charge in [0.2, 0.25) is 11.8 Å². The average Bonchev–Trinajstić information content (AvgIpc) is 2.71. The predicted molar refractivity (Wildman–Crippen MR) is 57.2 cm³/mol. The van der Waals surface area contributed by atoms with Crippen molar-refractivity contribution < 1.29 is 9.32 Å². The zero-order valence-corrected chi connectivity index (χ0v) is 9.49. The molecule has 1 aromatic heterocycles. The number of carbonyl (C=O) groups is 1. The van der Waals surface area contributed by atoms with Gasteiger partial charge in [0.1, 0.15) is 0 Å². The SMILES string of the molecule is CC(C)c1cc(N2CC(Cl)CC2=O)on1. The van der Waals surface area contributed by atoms with Gasteiger partial charge in [-0.25, -0.2) is 0 Å². The first-order valence-corrected chi connectivity index (χ1v) is 5.42. The average molecular weight is 229 g/mol. The summed E-state index contributed by atoms with van der Waals surface area (Å²) in [5, 5.41) is 3.79. The van der Waals surface area contributed by atoms with Crippen LogP contribution in [0.2, 0.25) is 0 Å². The van der Waals surface area contributed by atoms with Gasteiger partial charge in [-0.2, -0.15) is 0 Å². The first-order valence-electron chi connectivity index (χ1n) is 4.99. The number of carbonyl (C=O) groups excluding carboxylic acids is 1. The van der Waals surface area contributed by atoms with Gasteiger partial charge in [0.15, 0.2) is 0 Å². The minimum absolute atomic E-state index is 0.00135. The van der Waals surface area contributed by atoms with Crippen LogP contribution in [0.25, 0.3) is 0 Å². The van der Waals surface area contributed by atoms with Crippen LogP contribution in [0.1, 0.15) is 31.9 Å². The lowest BCUT2D eigenvalue weighted by molar-refractivity contribution is -0.117. The van der Waals surface area contributed by atoms with E-state index < -0.39 is 0 Å². The molecule has 1 aliphatic heterocycles. The third-order valence-electron chi connectivity index (χ3n) is 2.45. The second-order valence-electron chi connectivity index (χ2n) is 4.05. The van der Waals surface area contributed by atoms with Crippen LogP contribution in [-0.4, -0.2) is 23.0 Å². The van der Waals surface area contributed by atoms with E-state index in [4.69, 9.17) is 16.1 Å². The van der Waals surface area contributed by atoms with Gasteiger partial charge in [0.05, 0.1) is 11.1 Å². The van der Waals surface area contributed by atoms with Crippen molar-refractivity contribution in [3.8, 4) is 0 Å². The topological polar surface area (TPSA) is 46.3 Å². The summed E-state index contributed by atoms with van der Waals surface area (Å²) in [6, 6.07) is 1.80. The normalized spacial score (nSPS) is 21.7. The molecule has 5 heteroatoms. The zero-order valence-electron chi connectivity index (χ0n) is 8.74. The molecule has 1 unspecified atom stereocenters. The molecule has 1 atom stereocenters. The summed E-state index contributed by atoms with van der Waals surface area (Å²) in [7, 11) is 0. The van der Waals surface area contributed by atoms with Gasteiger partial charge in [0, 0.05) is 19.0 Å². The smallest absolute Gasteiger partial charge is 0.234 e. The van der Waals surface area contributed by atoms with E-state index in [9.17, 15) is 4.79 Å². The molecule has 0 saturated carbocycles. The highest BCUT2D eigenvalue weighted by molar-refractivity contribution is 6.24. The summed E-state index contributed by atoms with van der Waals surface area (Å²) in [5.41, 5.74) is 0.857. The Morgan fingerprint density at radius 1 is 1.67 bits per heavy atom. The van der Waals surface area contributed by atoms with Crippen molar-refractivity contribution in [3.05, 3.63) is 11.8 Å². The Labute approximate surface area is 93.2 Å². The van der Waals surface area contributed by atoms with Gasteiger partial charge >= 0.3 is 0 Å². The highest BCUT2D eigenvalue weighted by atomic mass is 35.5. The van der Waals surface area contributed by atoms with Gasteiger partial charge in [-0.3, -0.25) is 9.69 Å². The summed E-state index contributed by atoms with van der Waals surface area (Å²) in [4.78, 5) is 13.1. The molecule has 2 heterocycles. The minimum Gasteiger partial charge on any atom is -0.338 e. The minimum atomic E-state index is -0.120. The molecule has 1 fully saturated rings. The lowest BCUT2D eigenvalue weighted by Gasteiger charge is -2.09. The van der Waals surface area contributed by atoms with Crippen molar-refractivity contribution >= 4 is 23.4 Å². The highest BCUT2D eigenvalue weighted by Gasteiger charge is 2.31. The molecule has 2 rings (SSSR count). The molecule has 0 bridgehead atoms. The van der Waals surface area contributed by atoms with E-state index in [-0.39, 0.29) is 11.3 Å². The van der Waals surface area contributed by atoms with E-state index in [0.717, 1.165) is 5.69 Å². The molecule has 1 amide bonds. The lowest BCUT2D eigenvalue weighted by atomic mass is 10.1. The van der Waals surface area contributed by atoms with Crippen LogP contribution in [0.3, 0.4) is 0 Å². The number of nitrogens with zero attached hydrogens (tertiary/aromatic N) is 2. The Bertz CT molecular complexity index is 375. The lowest BCUT2D eigenvalue weighted by Crippen LogP contribution is -2.23. The van der Waals surface area contributed by atoms with Crippen LogP contribution >= 0.6 is 11.6 Å². The fourth-order valence-corrected chi connectivity index (χ4v) is 1.82. The standard InChI is InChI=1S/C10H13ClN2O2/c1-6(2)8-4-10(15-12-8)13-5-7(11)3-9(13)14/h4,6-7H,3,5H2,1-2H3. The van der Waals surface area contributed by atoms with Crippen LogP contribution in [-0.2, 0) is 4.79 Å². The van der Waals surface area contributed by atoms with Crippen LogP contribution in [0, 0.1) is 0 Å². The van der Waals surface area contributed by atoms with E-state index in [1.165, 1.54) is 0 Å². The zero-order chi connectivity index (χ0) is 11.0. The van der Waals surface area contributed by atoms with Crippen LogP contribution in [0.15, 0.2) is 10.6 Å². The van der Waals surface area contributed by atoms with E-state index in [1.807, 2.05) is 13.8 Å². The first-order chi connectivity index (χ1) is 7.08. The molecule has 0 spiro atoms. The summed E-state index contributed by atoms with van der Waals surface area (Å²) in [6.45, 7) is 4.56. The van der Waals surface area contributed by atoms with Crippen LogP contribution < -0.4 is 4.90 Å². The number of halogens is 1. The fourth-order valence-electron chi connectivity index (χ4n) is 1.55. The summed E-state index contributed by atoms with van der Waals surface area (Å²) in [6.07, 6.45) is 0.374. The Kier molecular flexibility index (Phi) is 2.69. The van der Waals surface area contributed by atoms with Gasteiger partial charge in [-0.15, -0.1) is 11.6 Å². The van der Waals surface area contributed by atoms with Crippen molar-refractivity contribution in [1.29, 1.82) is 0 Å². The highest BCUT2D eigenvalue weighted by Crippen LogP contribution is 2.26. The maximum Gasteiger partial charge on any atom is 0.234 e. The maximum atomic E-state index is 11.5. The largest absolute Gasteiger partial charge is 0.338 e. The Morgan fingerprint density at radius 2 is 2.40 bits per heavy atom. The van der Waals surface area contributed by atoms with E-state index in [1.54, 1.807) is 11.0 Å². The second-order valence-corrected chi connectivity index (χ2v) is 4.67. The summed E-state index contributed by atoms with van der Waals surface area (Å²) >= 11 is 5.90. The maximum absolute atomic E-state index is 11.5. The monoisotopic (exact) mass is 228 g/mol. The fraction of sp³-hybridized carbons (Fsp3) is 0.600. The third kappa shape index (κ3) is 2.00. The van der Waals surface area contributed by atoms with Gasteiger partial charge < -0.3 is 4.52 Å². The summed E-state index contributed by atoms with van der Waals surface area (Å²) in [5.74, 6) is 0.806. The number of anilines is 1. The Morgan fingerprint density at radius 3 is 2.87 bits per heavy atom. The van der Waals surface area contributed by atoms with Crippen molar-refractivity contribution in [1.82, 2.24) is 5.16 Å². The van der Waals surface area contributed by atoms with Crippen LogP contribution in [0.4, 0.5) is 5.88 Å². The first kappa shape index (κ1) is 10.5. The Hall–Kier alpha value is -1.03. The van der Waals surface area contributed by atoms with Crippen LogP contribution in [0.5, 0.6) is 0 Å².